The maximum Gasteiger partial charge on any atom is 0.410 e. The van der Waals surface area contributed by atoms with E-state index in [-0.39, 0.29) is 6.09 Å². The van der Waals surface area contributed by atoms with Gasteiger partial charge in [-0.25, -0.2) is 4.79 Å². The molecule has 1 atom stereocenters. The van der Waals surface area contributed by atoms with Crippen molar-refractivity contribution in [1.29, 1.82) is 0 Å². The number of nitrogens with zero attached hydrogens (tertiary/aromatic N) is 1. The number of hydrogen-bond donors (Lipinski definition) is 1. The highest BCUT2D eigenvalue weighted by Crippen LogP contribution is 2.20. The molecule has 1 saturated heterocycles. The second-order valence-electron chi connectivity index (χ2n) is 7.72. The van der Waals surface area contributed by atoms with Gasteiger partial charge in [-0.2, -0.15) is 0 Å². The maximum absolute atomic E-state index is 12.0. The first-order valence-electron chi connectivity index (χ1n) is 8.77. The summed E-state index contributed by atoms with van der Waals surface area (Å²) >= 11 is 0. The Hall–Kier alpha value is -1.03. The van der Waals surface area contributed by atoms with E-state index in [1.807, 2.05) is 25.7 Å². The summed E-state index contributed by atoms with van der Waals surface area (Å²) in [6, 6.07) is 0. The van der Waals surface area contributed by atoms with Gasteiger partial charge in [0.25, 0.3) is 0 Å². The van der Waals surface area contributed by atoms with Crippen LogP contribution in [0.5, 0.6) is 0 Å². The van der Waals surface area contributed by atoms with E-state index in [9.17, 15) is 4.79 Å². The quantitative estimate of drug-likeness (QED) is 0.807. The summed E-state index contributed by atoms with van der Waals surface area (Å²) in [6.45, 7) is 9.63. The Morgan fingerprint density at radius 1 is 1.14 bits per heavy atom. The van der Waals surface area contributed by atoms with Gasteiger partial charge in [0.15, 0.2) is 0 Å². The molecule has 1 aliphatic heterocycles. The van der Waals surface area contributed by atoms with Gasteiger partial charge in [0.2, 0.25) is 0 Å². The SMILES string of the molecule is CC(C)(C)OC(=O)N1CCC(CNCC2CC=CCC2)CC1. The highest BCUT2D eigenvalue weighted by molar-refractivity contribution is 5.68. The molecule has 2 aliphatic rings. The molecule has 1 fully saturated rings. The summed E-state index contributed by atoms with van der Waals surface area (Å²) in [4.78, 5) is 13.9. The zero-order valence-corrected chi connectivity index (χ0v) is 14.4. The van der Waals surface area contributed by atoms with E-state index in [0.717, 1.165) is 44.9 Å². The summed E-state index contributed by atoms with van der Waals surface area (Å²) in [5.74, 6) is 1.50. The minimum atomic E-state index is -0.399. The average molecular weight is 308 g/mol. The molecule has 22 heavy (non-hydrogen) atoms. The number of likely N-dealkylation sites (tertiary alicyclic amines) is 1. The number of ether oxygens (including phenoxy) is 1. The third-order valence-electron chi connectivity index (χ3n) is 4.51. The van der Waals surface area contributed by atoms with Crippen molar-refractivity contribution in [1.82, 2.24) is 10.2 Å². The number of hydrogen-bond acceptors (Lipinski definition) is 3. The van der Waals surface area contributed by atoms with Crippen LogP contribution < -0.4 is 5.32 Å². The normalized spacial score (nSPS) is 23.6. The smallest absolute Gasteiger partial charge is 0.410 e. The van der Waals surface area contributed by atoms with Crippen molar-refractivity contribution in [2.45, 2.75) is 58.5 Å². The third-order valence-corrected chi connectivity index (χ3v) is 4.51. The van der Waals surface area contributed by atoms with Crippen molar-refractivity contribution in [2.24, 2.45) is 11.8 Å². The molecule has 0 aromatic heterocycles. The van der Waals surface area contributed by atoms with Crippen molar-refractivity contribution < 1.29 is 9.53 Å². The topological polar surface area (TPSA) is 41.6 Å². The summed E-state index contributed by atoms with van der Waals surface area (Å²) in [5.41, 5.74) is -0.399. The molecule has 4 nitrogen and oxygen atoms in total. The van der Waals surface area contributed by atoms with Crippen LogP contribution in [0.3, 0.4) is 0 Å². The average Bonchev–Trinajstić information content (AvgIpc) is 2.47. The highest BCUT2D eigenvalue weighted by Gasteiger charge is 2.26. The number of rotatable bonds is 4. The van der Waals surface area contributed by atoms with Gasteiger partial charge in [0.05, 0.1) is 0 Å². The minimum Gasteiger partial charge on any atom is -0.444 e. The third kappa shape index (κ3) is 5.99. The molecule has 1 unspecified atom stereocenters. The Kier molecular flexibility index (Phi) is 6.30. The van der Waals surface area contributed by atoms with E-state index < -0.39 is 5.60 Å². The number of allylic oxidation sites excluding steroid dienone is 2. The molecule has 2 rings (SSSR count). The molecule has 126 valence electrons. The predicted octanol–water partition coefficient (Wildman–Crippen LogP) is 3.58. The second kappa shape index (κ2) is 8.00. The lowest BCUT2D eigenvalue weighted by atomic mass is 9.93. The van der Waals surface area contributed by atoms with E-state index in [1.54, 1.807) is 0 Å². The van der Waals surface area contributed by atoms with Crippen molar-refractivity contribution in [3.63, 3.8) is 0 Å². The lowest BCUT2D eigenvalue weighted by Crippen LogP contribution is -2.43. The van der Waals surface area contributed by atoms with Gasteiger partial charge in [-0.15, -0.1) is 0 Å². The first-order valence-corrected chi connectivity index (χ1v) is 8.77. The van der Waals surface area contributed by atoms with Gasteiger partial charge in [-0.1, -0.05) is 12.2 Å². The molecule has 0 bridgehead atoms. The van der Waals surface area contributed by atoms with Crippen LogP contribution in [0.1, 0.15) is 52.9 Å². The van der Waals surface area contributed by atoms with Crippen molar-refractivity contribution in [3.05, 3.63) is 12.2 Å². The van der Waals surface area contributed by atoms with E-state index in [2.05, 4.69) is 17.5 Å². The van der Waals surface area contributed by atoms with Crippen LogP contribution in [0.4, 0.5) is 4.79 Å². The fourth-order valence-corrected chi connectivity index (χ4v) is 3.18. The Morgan fingerprint density at radius 2 is 1.82 bits per heavy atom. The molecule has 1 aliphatic carbocycles. The van der Waals surface area contributed by atoms with Crippen LogP contribution in [0.25, 0.3) is 0 Å². The van der Waals surface area contributed by atoms with Gasteiger partial charge in [0, 0.05) is 13.1 Å². The van der Waals surface area contributed by atoms with Crippen molar-refractivity contribution in [2.75, 3.05) is 26.2 Å². The highest BCUT2D eigenvalue weighted by atomic mass is 16.6. The van der Waals surface area contributed by atoms with Gasteiger partial charge in [-0.05, 0) is 77.8 Å². The monoisotopic (exact) mass is 308 g/mol. The number of carbonyl (C=O) groups excluding carboxylic acids is 1. The molecule has 0 aromatic rings. The van der Waals surface area contributed by atoms with E-state index in [0.29, 0.717) is 5.92 Å². The summed E-state index contributed by atoms with van der Waals surface area (Å²) in [5, 5.41) is 3.64. The largest absolute Gasteiger partial charge is 0.444 e. The lowest BCUT2D eigenvalue weighted by molar-refractivity contribution is 0.0184. The maximum atomic E-state index is 12.0. The molecule has 1 N–H and O–H groups in total. The number of amides is 1. The Labute approximate surface area is 135 Å². The minimum absolute atomic E-state index is 0.159. The first kappa shape index (κ1) is 17.3. The molecule has 0 radical (unpaired) electrons. The molecule has 0 spiro atoms. The zero-order valence-electron chi connectivity index (χ0n) is 14.4. The van der Waals surface area contributed by atoms with Crippen LogP contribution in [0, 0.1) is 11.8 Å². The molecule has 1 amide bonds. The molecular formula is C18H32N2O2. The number of carbonyl (C=O) groups is 1. The Balaban J connectivity index is 1.60. The summed E-state index contributed by atoms with van der Waals surface area (Å²) in [7, 11) is 0. The molecule has 0 aromatic carbocycles. The fraction of sp³-hybridized carbons (Fsp3) is 0.833. The van der Waals surface area contributed by atoms with Gasteiger partial charge in [-0.3, -0.25) is 0 Å². The standard InChI is InChI=1S/C18H32N2O2/c1-18(2,3)22-17(21)20-11-9-16(10-12-20)14-19-13-15-7-5-4-6-8-15/h4-5,15-16,19H,6-14H2,1-3H3. The Bertz CT molecular complexity index is 379. The predicted molar refractivity (Wildman–Crippen MR) is 89.9 cm³/mol. The van der Waals surface area contributed by atoms with Crippen molar-refractivity contribution >= 4 is 6.09 Å². The van der Waals surface area contributed by atoms with Crippen LogP contribution in [-0.4, -0.2) is 42.8 Å². The van der Waals surface area contributed by atoms with Gasteiger partial charge >= 0.3 is 6.09 Å². The first-order chi connectivity index (χ1) is 10.4. The van der Waals surface area contributed by atoms with E-state index in [1.165, 1.54) is 19.3 Å². The second-order valence-corrected chi connectivity index (χ2v) is 7.72. The van der Waals surface area contributed by atoms with Gasteiger partial charge < -0.3 is 15.0 Å². The van der Waals surface area contributed by atoms with Crippen LogP contribution in [0.15, 0.2) is 12.2 Å². The Morgan fingerprint density at radius 3 is 2.41 bits per heavy atom. The number of nitrogens with one attached hydrogen (secondary N) is 1. The zero-order chi connectivity index (χ0) is 16.0. The molecular weight excluding hydrogens is 276 g/mol. The van der Waals surface area contributed by atoms with Crippen LogP contribution in [0.2, 0.25) is 0 Å². The van der Waals surface area contributed by atoms with E-state index >= 15 is 0 Å². The lowest BCUT2D eigenvalue weighted by Gasteiger charge is -2.33. The summed E-state index contributed by atoms with van der Waals surface area (Å²) < 4.78 is 5.44. The van der Waals surface area contributed by atoms with Crippen LogP contribution >= 0.6 is 0 Å². The summed E-state index contributed by atoms with van der Waals surface area (Å²) in [6.07, 6.45) is 10.4. The number of piperidine rings is 1. The van der Waals surface area contributed by atoms with Gasteiger partial charge in [0.1, 0.15) is 5.60 Å². The van der Waals surface area contributed by atoms with Crippen LogP contribution in [-0.2, 0) is 4.74 Å². The molecule has 0 saturated carbocycles. The fourth-order valence-electron chi connectivity index (χ4n) is 3.18. The van der Waals surface area contributed by atoms with Crippen molar-refractivity contribution in [3.8, 4) is 0 Å². The molecule has 4 heteroatoms. The molecule has 1 heterocycles. The van der Waals surface area contributed by atoms with E-state index in [4.69, 9.17) is 4.74 Å².